The minimum Gasteiger partial charge on any atom is -0.492 e. The lowest BCUT2D eigenvalue weighted by molar-refractivity contribution is 0.323. The van der Waals surface area contributed by atoms with Gasteiger partial charge in [0.15, 0.2) is 0 Å². The Kier molecular flexibility index (Phi) is 5.06. The summed E-state index contributed by atoms with van der Waals surface area (Å²) in [4.78, 5) is 0.0733. The minimum absolute atomic E-state index is 0.0733. The zero-order valence-corrected chi connectivity index (χ0v) is 12.7. The second-order valence-corrected chi connectivity index (χ2v) is 6.42. The Balaban J connectivity index is 1.91. The lowest BCUT2D eigenvalue weighted by atomic mass is 10.3. The molecular formula is C14H15ClN2O3S. The molecule has 7 heteroatoms. The van der Waals surface area contributed by atoms with Crippen LogP contribution in [0.1, 0.15) is 0 Å². The van der Waals surface area contributed by atoms with Crippen molar-refractivity contribution in [2.24, 2.45) is 0 Å². The maximum atomic E-state index is 12.0. The number of ether oxygens (including phenoxy) is 1. The predicted octanol–water partition coefficient (Wildman–Crippen LogP) is 2.28. The number of sulfonamides is 1. The zero-order valence-electron chi connectivity index (χ0n) is 11.1. The van der Waals surface area contributed by atoms with E-state index in [1.807, 2.05) is 18.2 Å². The average molecular weight is 327 g/mol. The lowest BCUT2D eigenvalue weighted by Crippen LogP contribution is -2.28. The fourth-order valence-electron chi connectivity index (χ4n) is 1.63. The van der Waals surface area contributed by atoms with Crippen LogP contribution in [0.15, 0.2) is 53.4 Å². The molecule has 2 aromatic carbocycles. The Morgan fingerprint density at radius 2 is 1.86 bits per heavy atom. The van der Waals surface area contributed by atoms with Crippen LogP contribution in [0, 0.1) is 0 Å². The van der Waals surface area contributed by atoms with E-state index in [-0.39, 0.29) is 23.7 Å². The summed E-state index contributed by atoms with van der Waals surface area (Å²) in [5.74, 6) is 0.687. The Labute approximate surface area is 128 Å². The molecule has 0 aliphatic carbocycles. The highest BCUT2D eigenvalue weighted by atomic mass is 35.5. The molecule has 21 heavy (non-hydrogen) atoms. The van der Waals surface area contributed by atoms with E-state index >= 15 is 0 Å². The van der Waals surface area contributed by atoms with E-state index in [4.69, 9.17) is 22.1 Å². The van der Waals surface area contributed by atoms with Crippen LogP contribution in [0.4, 0.5) is 5.69 Å². The molecule has 0 heterocycles. The SMILES string of the molecule is Nc1cc(S(=O)(=O)NCCOc2ccccc2)ccc1Cl. The van der Waals surface area contributed by atoms with Gasteiger partial charge in [-0.3, -0.25) is 0 Å². The van der Waals surface area contributed by atoms with Gasteiger partial charge in [0, 0.05) is 6.54 Å². The summed E-state index contributed by atoms with van der Waals surface area (Å²) in [6, 6.07) is 13.3. The van der Waals surface area contributed by atoms with Gasteiger partial charge in [0.2, 0.25) is 10.0 Å². The molecule has 0 atom stereocenters. The molecule has 0 fully saturated rings. The largest absolute Gasteiger partial charge is 0.492 e. The number of hydrogen-bond acceptors (Lipinski definition) is 4. The van der Waals surface area contributed by atoms with Crippen molar-refractivity contribution in [2.75, 3.05) is 18.9 Å². The summed E-state index contributed by atoms with van der Waals surface area (Å²) in [5, 5.41) is 0.321. The standard InChI is InChI=1S/C14H15ClN2O3S/c15-13-7-6-12(10-14(13)16)21(18,19)17-8-9-20-11-4-2-1-3-5-11/h1-7,10,17H,8-9,16H2. The smallest absolute Gasteiger partial charge is 0.240 e. The van der Waals surface area contributed by atoms with Crippen LogP contribution < -0.4 is 15.2 Å². The van der Waals surface area contributed by atoms with E-state index in [2.05, 4.69) is 4.72 Å². The third-order valence-corrected chi connectivity index (χ3v) is 4.49. The molecule has 2 rings (SSSR count). The number of benzene rings is 2. The normalized spacial score (nSPS) is 11.3. The van der Waals surface area contributed by atoms with Gasteiger partial charge in [0.05, 0.1) is 15.6 Å². The number of anilines is 1. The molecule has 0 aromatic heterocycles. The number of halogens is 1. The topological polar surface area (TPSA) is 81.4 Å². The van der Waals surface area contributed by atoms with E-state index < -0.39 is 10.0 Å². The first-order valence-electron chi connectivity index (χ1n) is 6.21. The number of nitrogen functional groups attached to an aromatic ring is 1. The molecule has 0 aliphatic heterocycles. The molecule has 0 saturated carbocycles. The number of nitrogens with one attached hydrogen (secondary N) is 1. The molecule has 0 bridgehead atoms. The highest BCUT2D eigenvalue weighted by Gasteiger charge is 2.14. The van der Waals surface area contributed by atoms with Gasteiger partial charge in [-0.1, -0.05) is 29.8 Å². The van der Waals surface area contributed by atoms with E-state index in [1.54, 1.807) is 12.1 Å². The van der Waals surface area contributed by atoms with Crippen molar-refractivity contribution < 1.29 is 13.2 Å². The monoisotopic (exact) mass is 326 g/mol. The van der Waals surface area contributed by atoms with Crippen molar-refractivity contribution in [1.29, 1.82) is 0 Å². The molecule has 0 aliphatic rings. The van der Waals surface area contributed by atoms with Gasteiger partial charge in [-0.05, 0) is 30.3 Å². The van der Waals surface area contributed by atoms with Crippen molar-refractivity contribution in [2.45, 2.75) is 4.90 Å². The number of para-hydroxylation sites is 1. The zero-order chi connectivity index (χ0) is 15.3. The Hall–Kier alpha value is -1.76. The molecule has 0 amide bonds. The first-order valence-corrected chi connectivity index (χ1v) is 8.08. The fourth-order valence-corrected chi connectivity index (χ4v) is 2.80. The van der Waals surface area contributed by atoms with Gasteiger partial charge in [-0.15, -0.1) is 0 Å². The third-order valence-electron chi connectivity index (χ3n) is 2.68. The first-order chi connectivity index (χ1) is 9.99. The van der Waals surface area contributed by atoms with Crippen LogP contribution in [-0.2, 0) is 10.0 Å². The number of nitrogens with two attached hydrogens (primary N) is 1. The minimum atomic E-state index is -3.62. The summed E-state index contributed by atoms with van der Waals surface area (Å²) in [6.07, 6.45) is 0. The van der Waals surface area contributed by atoms with Gasteiger partial charge in [0.1, 0.15) is 12.4 Å². The molecular weight excluding hydrogens is 312 g/mol. The van der Waals surface area contributed by atoms with E-state index in [1.165, 1.54) is 18.2 Å². The molecule has 0 spiro atoms. The summed E-state index contributed by atoms with van der Waals surface area (Å²) >= 11 is 5.77. The lowest BCUT2D eigenvalue weighted by Gasteiger charge is -2.09. The second kappa shape index (κ2) is 6.80. The fraction of sp³-hybridized carbons (Fsp3) is 0.143. The molecule has 0 unspecified atom stereocenters. The maximum absolute atomic E-state index is 12.0. The first kappa shape index (κ1) is 15.6. The molecule has 0 radical (unpaired) electrons. The van der Waals surface area contributed by atoms with Crippen molar-refractivity contribution in [3.05, 3.63) is 53.6 Å². The summed E-state index contributed by atoms with van der Waals surface area (Å²) in [6.45, 7) is 0.381. The van der Waals surface area contributed by atoms with E-state index in [9.17, 15) is 8.42 Å². The number of rotatable bonds is 6. The van der Waals surface area contributed by atoms with Gasteiger partial charge >= 0.3 is 0 Å². The molecule has 5 nitrogen and oxygen atoms in total. The maximum Gasteiger partial charge on any atom is 0.240 e. The summed E-state index contributed by atoms with van der Waals surface area (Å²) < 4.78 is 31.9. The van der Waals surface area contributed by atoms with Crippen molar-refractivity contribution in [1.82, 2.24) is 4.72 Å². The summed E-state index contributed by atoms with van der Waals surface area (Å²) in [5.41, 5.74) is 5.82. The average Bonchev–Trinajstić information content (AvgIpc) is 2.47. The Morgan fingerprint density at radius 3 is 2.52 bits per heavy atom. The molecule has 112 valence electrons. The van der Waals surface area contributed by atoms with E-state index in [0.717, 1.165) is 0 Å². The van der Waals surface area contributed by atoms with Crippen LogP contribution in [0.3, 0.4) is 0 Å². The van der Waals surface area contributed by atoms with Crippen molar-refractivity contribution in [3.8, 4) is 5.75 Å². The molecule has 0 saturated heterocycles. The van der Waals surface area contributed by atoms with Crippen molar-refractivity contribution in [3.63, 3.8) is 0 Å². The van der Waals surface area contributed by atoms with Crippen LogP contribution in [0.2, 0.25) is 5.02 Å². The molecule has 3 N–H and O–H groups in total. The van der Waals surface area contributed by atoms with Crippen LogP contribution in [-0.4, -0.2) is 21.6 Å². The quantitative estimate of drug-likeness (QED) is 0.630. The highest BCUT2D eigenvalue weighted by Crippen LogP contribution is 2.21. The van der Waals surface area contributed by atoms with Crippen LogP contribution in [0.5, 0.6) is 5.75 Å². The second-order valence-electron chi connectivity index (χ2n) is 4.24. The van der Waals surface area contributed by atoms with Gasteiger partial charge < -0.3 is 10.5 Å². The Morgan fingerprint density at radius 1 is 1.14 bits per heavy atom. The predicted molar refractivity (Wildman–Crippen MR) is 83.0 cm³/mol. The summed E-state index contributed by atoms with van der Waals surface area (Å²) in [7, 11) is -3.62. The van der Waals surface area contributed by atoms with Crippen LogP contribution >= 0.6 is 11.6 Å². The van der Waals surface area contributed by atoms with Crippen molar-refractivity contribution >= 4 is 27.3 Å². The van der Waals surface area contributed by atoms with E-state index in [0.29, 0.717) is 10.8 Å². The van der Waals surface area contributed by atoms with Crippen LogP contribution in [0.25, 0.3) is 0 Å². The Bertz CT molecular complexity index is 705. The number of hydrogen-bond donors (Lipinski definition) is 2. The molecule has 2 aromatic rings. The third kappa shape index (κ3) is 4.35. The van der Waals surface area contributed by atoms with Gasteiger partial charge in [-0.2, -0.15) is 0 Å². The highest BCUT2D eigenvalue weighted by molar-refractivity contribution is 7.89. The van der Waals surface area contributed by atoms with Gasteiger partial charge in [0.25, 0.3) is 0 Å². The van der Waals surface area contributed by atoms with Gasteiger partial charge in [-0.25, -0.2) is 13.1 Å².